The maximum Gasteiger partial charge on any atom is 0.264 e. The Labute approximate surface area is 144 Å². The molecule has 1 aromatic carbocycles. The van der Waals surface area contributed by atoms with Crippen molar-refractivity contribution in [2.45, 2.75) is 49.8 Å². The van der Waals surface area contributed by atoms with Crippen LogP contribution in [0.4, 0.5) is 5.69 Å². The molecule has 0 atom stereocenters. The monoisotopic (exact) mass is 354 g/mol. The molecular weight excluding hydrogens is 328 g/mol. The Morgan fingerprint density at radius 2 is 1.83 bits per heavy atom. The van der Waals surface area contributed by atoms with Crippen LogP contribution in [0.3, 0.4) is 0 Å². The lowest BCUT2D eigenvalue weighted by atomic mass is 9.86. The maximum atomic E-state index is 12.1. The zero-order valence-electron chi connectivity index (χ0n) is 14.3. The Bertz CT molecular complexity index is 637. The average Bonchev–Trinajstić information content (AvgIpc) is 2.60. The van der Waals surface area contributed by atoms with E-state index in [4.69, 9.17) is 4.84 Å². The Hall–Kier alpha value is -1.44. The first-order chi connectivity index (χ1) is 11.4. The van der Waals surface area contributed by atoms with E-state index in [1.54, 1.807) is 12.1 Å². The summed E-state index contributed by atoms with van der Waals surface area (Å²) in [5.41, 5.74) is 0.600. The third kappa shape index (κ3) is 5.03. The van der Waals surface area contributed by atoms with Gasteiger partial charge >= 0.3 is 0 Å². The third-order valence-electron chi connectivity index (χ3n) is 4.54. The summed E-state index contributed by atoms with van der Waals surface area (Å²) in [6, 6.07) is 6.10. The summed E-state index contributed by atoms with van der Waals surface area (Å²) in [6.07, 6.45) is 7.76. The van der Waals surface area contributed by atoms with E-state index in [1.807, 2.05) is 0 Å². The first-order valence-electron chi connectivity index (χ1n) is 8.36. The molecule has 1 N–H and O–H groups in total. The number of carbonyl (C=O) groups is 1. The van der Waals surface area contributed by atoms with Gasteiger partial charge in [0.2, 0.25) is 5.91 Å². The largest absolute Gasteiger partial charge is 0.326 e. The lowest BCUT2D eigenvalue weighted by Gasteiger charge is -2.21. The quantitative estimate of drug-likeness (QED) is 0.763. The summed E-state index contributed by atoms with van der Waals surface area (Å²) in [7, 11) is -1.04. The van der Waals surface area contributed by atoms with Gasteiger partial charge in [-0.2, -0.15) is 0 Å². The highest BCUT2D eigenvalue weighted by atomic mass is 32.2. The van der Waals surface area contributed by atoms with E-state index in [0.29, 0.717) is 18.0 Å². The number of sulfonamides is 1. The van der Waals surface area contributed by atoms with Crippen LogP contribution in [0.15, 0.2) is 29.2 Å². The average molecular weight is 354 g/mol. The number of nitrogens with one attached hydrogen (secondary N) is 1. The fraction of sp³-hybridized carbons (Fsp3) is 0.588. The Kier molecular flexibility index (Phi) is 6.77. The number of amides is 1. The summed E-state index contributed by atoms with van der Waals surface area (Å²) >= 11 is 0. The van der Waals surface area contributed by atoms with Crippen LogP contribution in [0.1, 0.15) is 44.9 Å². The van der Waals surface area contributed by atoms with Crippen LogP contribution in [-0.2, 0) is 19.7 Å². The highest BCUT2D eigenvalue weighted by Crippen LogP contribution is 2.27. The fourth-order valence-electron chi connectivity index (χ4n) is 2.99. The van der Waals surface area contributed by atoms with E-state index in [1.165, 1.54) is 58.4 Å². The van der Waals surface area contributed by atoms with Gasteiger partial charge in [0.15, 0.2) is 0 Å². The molecule has 0 spiro atoms. The van der Waals surface area contributed by atoms with Gasteiger partial charge in [0.1, 0.15) is 0 Å². The number of hydrogen-bond acceptors (Lipinski definition) is 4. The summed E-state index contributed by atoms with van der Waals surface area (Å²) in [4.78, 5) is 16.9. The third-order valence-corrected chi connectivity index (χ3v) is 6.23. The molecule has 0 radical (unpaired) electrons. The van der Waals surface area contributed by atoms with Gasteiger partial charge in [-0.15, -0.1) is 0 Å². The van der Waals surface area contributed by atoms with Crippen molar-refractivity contribution in [3.63, 3.8) is 0 Å². The van der Waals surface area contributed by atoms with Gasteiger partial charge in [-0.25, -0.2) is 8.42 Å². The van der Waals surface area contributed by atoms with Crippen molar-refractivity contribution in [1.29, 1.82) is 0 Å². The van der Waals surface area contributed by atoms with Gasteiger partial charge in [0.05, 0.1) is 12.0 Å². The topological polar surface area (TPSA) is 75.7 Å². The SMILES string of the molecule is CON(C)S(=O)(=O)c1ccc(NC(=O)CCC2CCCCC2)cc1. The molecular formula is C17H26N2O4S. The minimum absolute atomic E-state index is 0.0230. The van der Waals surface area contributed by atoms with E-state index in [2.05, 4.69) is 5.32 Å². The van der Waals surface area contributed by atoms with E-state index in [0.717, 1.165) is 10.9 Å². The van der Waals surface area contributed by atoms with Gasteiger partial charge in [-0.3, -0.25) is 9.63 Å². The van der Waals surface area contributed by atoms with Crippen molar-refractivity contribution >= 4 is 21.6 Å². The molecule has 1 aromatic rings. The predicted octanol–water partition coefficient (Wildman–Crippen LogP) is 3.17. The minimum atomic E-state index is -3.66. The molecule has 1 amide bonds. The molecule has 0 saturated heterocycles. The molecule has 6 nitrogen and oxygen atoms in total. The van der Waals surface area contributed by atoms with Crippen molar-refractivity contribution in [3.8, 4) is 0 Å². The molecule has 1 saturated carbocycles. The summed E-state index contributed by atoms with van der Waals surface area (Å²) in [6.45, 7) is 0. The molecule has 7 heteroatoms. The number of hydrogen-bond donors (Lipinski definition) is 1. The number of rotatable bonds is 7. The van der Waals surface area contributed by atoms with E-state index in [9.17, 15) is 13.2 Å². The summed E-state index contributed by atoms with van der Waals surface area (Å²) < 4.78 is 25.0. The molecule has 0 aliphatic heterocycles. The van der Waals surface area contributed by atoms with Gasteiger partial charge < -0.3 is 5.32 Å². The van der Waals surface area contributed by atoms with Crippen molar-refractivity contribution in [3.05, 3.63) is 24.3 Å². The zero-order chi connectivity index (χ0) is 17.6. The number of nitrogens with zero attached hydrogens (tertiary/aromatic N) is 1. The second kappa shape index (κ2) is 8.60. The van der Waals surface area contributed by atoms with Crippen molar-refractivity contribution in [2.24, 2.45) is 5.92 Å². The summed E-state index contributed by atoms with van der Waals surface area (Å²) in [5.74, 6) is 0.645. The molecule has 0 bridgehead atoms. The number of anilines is 1. The maximum absolute atomic E-state index is 12.1. The Balaban J connectivity index is 1.88. The van der Waals surface area contributed by atoms with Crippen molar-refractivity contribution in [2.75, 3.05) is 19.5 Å². The highest BCUT2D eigenvalue weighted by Gasteiger charge is 2.20. The van der Waals surface area contributed by atoms with Crippen LogP contribution in [0.25, 0.3) is 0 Å². The fourth-order valence-corrected chi connectivity index (χ4v) is 3.96. The van der Waals surface area contributed by atoms with E-state index < -0.39 is 10.0 Å². The second-order valence-corrected chi connectivity index (χ2v) is 8.15. The number of carbonyl (C=O) groups excluding carboxylic acids is 1. The van der Waals surface area contributed by atoms with Crippen LogP contribution < -0.4 is 5.32 Å². The molecule has 1 fully saturated rings. The second-order valence-electron chi connectivity index (χ2n) is 6.21. The predicted molar refractivity (Wildman–Crippen MR) is 92.8 cm³/mol. The van der Waals surface area contributed by atoms with Crippen LogP contribution in [0.2, 0.25) is 0 Å². The molecule has 2 rings (SSSR count). The molecule has 0 unspecified atom stereocenters. The molecule has 134 valence electrons. The van der Waals surface area contributed by atoms with E-state index in [-0.39, 0.29) is 10.8 Å². The highest BCUT2D eigenvalue weighted by molar-refractivity contribution is 7.89. The Morgan fingerprint density at radius 1 is 1.21 bits per heavy atom. The molecule has 24 heavy (non-hydrogen) atoms. The lowest BCUT2D eigenvalue weighted by molar-refractivity contribution is -0.116. The smallest absolute Gasteiger partial charge is 0.264 e. The van der Waals surface area contributed by atoms with E-state index >= 15 is 0 Å². The van der Waals surface area contributed by atoms with Crippen LogP contribution in [0, 0.1) is 5.92 Å². The molecule has 0 aromatic heterocycles. The first-order valence-corrected chi connectivity index (χ1v) is 9.80. The molecule has 1 aliphatic carbocycles. The van der Waals surface area contributed by atoms with Gasteiger partial charge in [-0.05, 0) is 36.6 Å². The molecule has 1 aliphatic rings. The normalized spacial score (nSPS) is 16.3. The number of hydroxylamine groups is 1. The molecule has 0 heterocycles. The zero-order valence-corrected chi connectivity index (χ0v) is 15.1. The first kappa shape index (κ1) is 18.9. The number of benzene rings is 1. The van der Waals surface area contributed by atoms with Crippen LogP contribution in [-0.4, -0.2) is 33.0 Å². The Morgan fingerprint density at radius 3 is 2.42 bits per heavy atom. The van der Waals surface area contributed by atoms with Gasteiger partial charge in [0, 0.05) is 19.2 Å². The summed E-state index contributed by atoms with van der Waals surface area (Å²) in [5, 5.41) is 2.82. The van der Waals surface area contributed by atoms with Crippen molar-refractivity contribution in [1.82, 2.24) is 4.47 Å². The van der Waals surface area contributed by atoms with Crippen LogP contribution >= 0.6 is 0 Å². The van der Waals surface area contributed by atoms with Gasteiger partial charge in [-0.1, -0.05) is 36.6 Å². The van der Waals surface area contributed by atoms with Crippen molar-refractivity contribution < 1.29 is 18.0 Å². The standard InChI is InChI=1S/C17H26N2O4S/c1-19(23-2)24(21,22)16-11-9-15(10-12-16)18-17(20)13-8-14-6-4-3-5-7-14/h9-12,14H,3-8,13H2,1-2H3,(H,18,20). The minimum Gasteiger partial charge on any atom is -0.326 e. The van der Waals surface area contributed by atoms with Crippen LogP contribution in [0.5, 0.6) is 0 Å². The lowest BCUT2D eigenvalue weighted by Crippen LogP contribution is -2.25. The van der Waals surface area contributed by atoms with Gasteiger partial charge in [0.25, 0.3) is 10.0 Å².